The summed E-state index contributed by atoms with van der Waals surface area (Å²) in [7, 11) is 0. The highest BCUT2D eigenvalue weighted by molar-refractivity contribution is 9.10. The maximum absolute atomic E-state index is 12.7. The molecule has 29 heavy (non-hydrogen) atoms. The van der Waals surface area contributed by atoms with Crippen LogP contribution in [0.15, 0.2) is 65.1 Å². The van der Waals surface area contributed by atoms with Crippen LogP contribution in [-0.2, 0) is 4.79 Å². The molecule has 0 aliphatic carbocycles. The second-order valence-corrected chi connectivity index (χ2v) is 7.77. The SMILES string of the molecule is O=C(COc1ccc2ccccc2c1Br)Nc1ccccc1C(=O)N1CCCC1. The van der Waals surface area contributed by atoms with Crippen molar-refractivity contribution in [3.8, 4) is 5.75 Å². The van der Waals surface area contributed by atoms with Crippen LogP contribution >= 0.6 is 15.9 Å². The third-order valence-corrected chi connectivity index (χ3v) is 5.83. The number of carbonyl (C=O) groups is 2. The van der Waals surface area contributed by atoms with E-state index in [4.69, 9.17) is 4.74 Å². The second kappa shape index (κ2) is 8.66. The minimum Gasteiger partial charge on any atom is -0.483 e. The lowest BCUT2D eigenvalue weighted by molar-refractivity contribution is -0.118. The number of halogens is 1. The predicted octanol–water partition coefficient (Wildman–Crippen LogP) is 4.86. The van der Waals surface area contributed by atoms with E-state index in [1.165, 1.54) is 0 Å². The molecule has 3 aromatic rings. The Labute approximate surface area is 177 Å². The second-order valence-electron chi connectivity index (χ2n) is 6.98. The minimum atomic E-state index is -0.313. The molecule has 0 saturated carbocycles. The van der Waals surface area contributed by atoms with Crippen molar-refractivity contribution in [3.63, 3.8) is 0 Å². The lowest BCUT2D eigenvalue weighted by Gasteiger charge is -2.18. The molecule has 0 atom stereocenters. The number of likely N-dealkylation sites (tertiary alicyclic amines) is 1. The Bertz CT molecular complexity index is 1060. The molecule has 0 radical (unpaired) electrons. The Morgan fingerprint density at radius 3 is 2.52 bits per heavy atom. The standard InChI is InChI=1S/C23H21BrN2O3/c24-22-17-8-2-1-7-16(17)11-12-20(22)29-15-21(27)25-19-10-4-3-9-18(19)23(28)26-13-5-6-14-26/h1-4,7-12H,5-6,13-15H2,(H,25,27). The topological polar surface area (TPSA) is 58.6 Å². The number of hydrogen-bond donors (Lipinski definition) is 1. The van der Waals surface area contributed by atoms with Crippen molar-refractivity contribution >= 4 is 44.2 Å². The highest BCUT2D eigenvalue weighted by atomic mass is 79.9. The van der Waals surface area contributed by atoms with E-state index in [-0.39, 0.29) is 18.4 Å². The van der Waals surface area contributed by atoms with Gasteiger partial charge in [-0.1, -0.05) is 42.5 Å². The molecule has 0 aromatic heterocycles. The molecule has 0 bridgehead atoms. The molecular formula is C23H21BrN2O3. The highest BCUT2D eigenvalue weighted by Crippen LogP contribution is 2.33. The third kappa shape index (κ3) is 4.27. The van der Waals surface area contributed by atoms with Crippen LogP contribution in [0.4, 0.5) is 5.69 Å². The predicted molar refractivity (Wildman–Crippen MR) is 117 cm³/mol. The average molecular weight is 453 g/mol. The summed E-state index contributed by atoms with van der Waals surface area (Å²) in [5.74, 6) is 0.239. The normalized spacial score (nSPS) is 13.5. The van der Waals surface area contributed by atoms with Crippen LogP contribution in [0.2, 0.25) is 0 Å². The van der Waals surface area contributed by atoms with E-state index in [0.29, 0.717) is 17.0 Å². The zero-order valence-electron chi connectivity index (χ0n) is 15.9. The Kier molecular flexibility index (Phi) is 5.81. The van der Waals surface area contributed by atoms with E-state index in [9.17, 15) is 9.59 Å². The highest BCUT2D eigenvalue weighted by Gasteiger charge is 2.22. The molecule has 0 unspecified atom stereocenters. The number of ether oxygens (including phenoxy) is 1. The van der Waals surface area contributed by atoms with E-state index in [1.807, 2.05) is 47.4 Å². The summed E-state index contributed by atoms with van der Waals surface area (Å²) in [5.41, 5.74) is 1.02. The molecule has 6 heteroatoms. The molecule has 4 rings (SSSR count). The van der Waals surface area contributed by atoms with Gasteiger partial charge in [0.1, 0.15) is 5.75 Å². The minimum absolute atomic E-state index is 0.0448. The molecule has 3 aromatic carbocycles. The Morgan fingerprint density at radius 1 is 0.966 bits per heavy atom. The zero-order chi connectivity index (χ0) is 20.2. The smallest absolute Gasteiger partial charge is 0.262 e. The Balaban J connectivity index is 1.44. The first-order valence-electron chi connectivity index (χ1n) is 9.62. The summed E-state index contributed by atoms with van der Waals surface area (Å²) in [4.78, 5) is 27.0. The van der Waals surface area contributed by atoms with Gasteiger partial charge in [0.25, 0.3) is 11.8 Å². The van der Waals surface area contributed by atoms with E-state index in [2.05, 4.69) is 21.2 Å². The van der Waals surface area contributed by atoms with E-state index in [0.717, 1.165) is 41.2 Å². The molecule has 5 nitrogen and oxygen atoms in total. The summed E-state index contributed by atoms with van der Waals surface area (Å²) in [6, 6.07) is 18.8. The average Bonchev–Trinajstić information content (AvgIpc) is 3.28. The van der Waals surface area contributed by atoms with Gasteiger partial charge in [-0.05, 0) is 57.7 Å². The molecule has 1 fully saturated rings. The lowest BCUT2D eigenvalue weighted by Crippen LogP contribution is -2.29. The van der Waals surface area contributed by atoms with Gasteiger partial charge >= 0.3 is 0 Å². The van der Waals surface area contributed by atoms with Gasteiger partial charge in [0.05, 0.1) is 15.7 Å². The van der Waals surface area contributed by atoms with Gasteiger partial charge in [-0.3, -0.25) is 9.59 Å². The number of para-hydroxylation sites is 1. The van der Waals surface area contributed by atoms with Crippen molar-refractivity contribution in [1.82, 2.24) is 4.90 Å². The largest absolute Gasteiger partial charge is 0.483 e. The maximum atomic E-state index is 12.7. The summed E-state index contributed by atoms with van der Waals surface area (Å²) in [5, 5.41) is 4.92. The third-order valence-electron chi connectivity index (χ3n) is 5.01. The monoisotopic (exact) mass is 452 g/mol. The fraction of sp³-hybridized carbons (Fsp3) is 0.217. The molecule has 1 aliphatic heterocycles. The summed E-state index contributed by atoms with van der Waals surface area (Å²) >= 11 is 3.56. The molecular weight excluding hydrogens is 432 g/mol. The number of fused-ring (bicyclic) bond motifs is 1. The number of anilines is 1. The van der Waals surface area contributed by atoms with Gasteiger partial charge in [0.15, 0.2) is 6.61 Å². The van der Waals surface area contributed by atoms with Crippen LogP contribution < -0.4 is 10.1 Å². The van der Waals surface area contributed by atoms with Crippen molar-refractivity contribution in [2.24, 2.45) is 0 Å². The summed E-state index contributed by atoms with van der Waals surface area (Å²) in [6.45, 7) is 1.38. The first-order valence-corrected chi connectivity index (χ1v) is 10.4. The van der Waals surface area contributed by atoms with E-state index in [1.54, 1.807) is 18.2 Å². The van der Waals surface area contributed by atoms with Crippen LogP contribution in [0, 0.1) is 0 Å². The fourth-order valence-electron chi connectivity index (χ4n) is 3.52. The number of carbonyl (C=O) groups excluding carboxylic acids is 2. The lowest BCUT2D eigenvalue weighted by atomic mass is 10.1. The molecule has 1 saturated heterocycles. The molecule has 1 heterocycles. The van der Waals surface area contributed by atoms with Crippen molar-refractivity contribution in [1.29, 1.82) is 0 Å². The van der Waals surface area contributed by atoms with Gasteiger partial charge in [-0.2, -0.15) is 0 Å². The summed E-state index contributed by atoms with van der Waals surface area (Å²) < 4.78 is 6.54. The van der Waals surface area contributed by atoms with Crippen LogP contribution in [0.1, 0.15) is 23.2 Å². The van der Waals surface area contributed by atoms with Gasteiger partial charge in [-0.15, -0.1) is 0 Å². The van der Waals surface area contributed by atoms with Crippen molar-refractivity contribution in [2.45, 2.75) is 12.8 Å². The number of amides is 2. The van der Waals surface area contributed by atoms with Gasteiger partial charge in [0, 0.05) is 13.1 Å². The van der Waals surface area contributed by atoms with Crippen molar-refractivity contribution in [3.05, 3.63) is 70.7 Å². The van der Waals surface area contributed by atoms with Crippen LogP contribution in [-0.4, -0.2) is 36.4 Å². The summed E-state index contributed by atoms with van der Waals surface area (Å²) in [6.07, 6.45) is 2.05. The molecule has 1 aliphatic rings. The molecule has 2 amide bonds. The quantitative estimate of drug-likeness (QED) is 0.601. The molecule has 148 valence electrons. The Morgan fingerprint density at radius 2 is 1.69 bits per heavy atom. The van der Waals surface area contributed by atoms with Crippen LogP contribution in [0.3, 0.4) is 0 Å². The number of nitrogens with one attached hydrogen (secondary N) is 1. The number of rotatable bonds is 5. The first-order chi connectivity index (χ1) is 14.1. The molecule has 1 N–H and O–H groups in total. The van der Waals surface area contributed by atoms with Gasteiger partial charge in [-0.25, -0.2) is 0 Å². The maximum Gasteiger partial charge on any atom is 0.262 e. The first kappa shape index (κ1) is 19.5. The fourth-order valence-corrected chi connectivity index (χ4v) is 4.13. The number of benzene rings is 3. The Hall–Kier alpha value is -2.86. The van der Waals surface area contributed by atoms with Gasteiger partial charge in [0.2, 0.25) is 0 Å². The van der Waals surface area contributed by atoms with Crippen molar-refractivity contribution < 1.29 is 14.3 Å². The molecule has 0 spiro atoms. The number of hydrogen-bond acceptors (Lipinski definition) is 3. The number of nitrogens with zero attached hydrogens (tertiary/aromatic N) is 1. The van der Waals surface area contributed by atoms with Crippen molar-refractivity contribution in [2.75, 3.05) is 25.0 Å². The zero-order valence-corrected chi connectivity index (χ0v) is 17.4. The van der Waals surface area contributed by atoms with Crippen LogP contribution in [0.5, 0.6) is 5.75 Å². The van der Waals surface area contributed by atoms with Crippen LogP contribution in [0.25, 0.3) is 10.8 Å². The van der Waals surface area contributed by atoms with Gasteiger partial charge < -0.3 is 15.0 Å². The van der Waals surface area contributed by atoms with E-state index < -0.39 is 0 Å². The van der Waals surface area contributed by atoms with E-state index >= 15 is 0 Å².